The van der Waals surface area contributed by atoms with Crippen molar-refractivity contribution in [2.24, 2.45) is 5.73 Å². The molecule has 0 radical (unpaired) electrons. The molecule has 0 heterocycles. The summed E-state index contributed by atoms with van der Waals surface area (Å²) < 4.78 is 0.524. The number of benzene rings is 1. The van der Waals surface area contributed by atoms with Gasteiger partial charge in [0.1, 0.15) is 6.10 Å². The van der Waals surface area contributed by atoms with E-state index >= 15 is 0 Å². The first-order valence-electron chi connectivity index (χ1n) is 4.62. The maximum Gasteiger partial charge on any atom is 0.252 e. The van der Waals surface area contributed by atoms with Gasteiger partial charge in [-0.05, 0) is 34.1 Å². The molecular weight excluding hydrogens is 311 g/mol. The fourth-order valence-corrected chi connectivity index (χ4v) is 1.92. The highest BCUT2D eigenvalue weighted by atomic mass is 79.9. The maximum atomic E-state index is 11.7. The van der Waals surface area contributed by atoms with Crippen LogP contribution >= 0.6 is 27.5 Å². The average molecular weight is 322 g/mol. The molecule has 0 aliphatic heterocycles. The van der Waals surface area contributed by atoms with E-state index in [1.54, 1.807) is 12.1 Å². The molecule has 7 heteroatoms. The van der Waals surface area contributed by atoms with E-state index in [9.17, 15) is 9.59 Å². The van der Waals surface area contributed by atoms with Gasteiger partial charge in [-0.25, -0.2) is 0 Å². The molecule has 2 amide bonds. The third-order valence-corrected chi connectivity index (χ3v) is 2.85. The van der Waals surface area contributed by atoms with Crippen LogP contribution in [0.3, 0.4) is 0 Å². The third-order valence-electron chi connectivity index (χ3n) is 1.96. The molecule has 1 unspecified atom stereocenters. The quantitative estimate of drug-likeness (QED) is 0.761. The molecule has 1 aromatic rings. The van der Waals surface area contributed by atoms with Crippen molar-refractivity contribution in [2.45, 2.75) is 6.10 Å². The summed E-state index contributed by atoms with van der Waals surface area (Å²) in [7, 11) is 0. The van der Waals surface area contributed by atoms with Crippen molar-refractivity contribution >= 4 is 39.3 Å². The van der Waals surface area contributed by atoms with Crippen molar-refractivity contribution in [3.8, 4) is 0 Å². The molecule has 0 spiro atoms. The molecule has 1 rings (SSSR count). The van der Waals surface area contributed by atoms with Gasteiger partial charge in [-0.2, -0.15) is 0 Å². The molecule has 4 N–H and O–H groups in total. The number of carbonyl (C=O) groups is 2. The Balaban J connectivity index is 2.67. The van der Waals surface area contributed by atoms with Crippen LogP contribution in [0.1, 0.15) is 10.4 Å². The number of nitrogens with one attached hydrogen (secondary N) is 1. The number of rotatable bonds is 4. The molecule has 0 aliphatic rings. The van der Waals surface area contributed by atoms with Gasteiger partial charge in [0, 0.05) is 9.50 Å². The lowest BCUT2D eigenvalue weighted by Gasteiger charge is -2.09. The zero-order valence-electron chi connectivity index (χ0n) is 8.61. The summed E-state index contributed by atoms with van der Waals surface area (Å²) in [6.07, 6.45) is -1.40. The zero-order chi connectivity index (χ0) is 13.0. The molecule has 1 atom stereocenters. The fraction of sp³-hybridized carbons (Fsp3) is 0.200. The van der Waals surface area contributed by atoms with Crippen LogP contribution in [0.15, 0.2) is 22.7 Å². The normalized spacial score (nSPS) is 11.9. The van der Waals surface area contributed by atoms with Crippen LogP contribution in [0.4, 0.5) is 0 Å². The molecule has 92 valence electrons. The van der Waals surface area contributed by atoms with Crippen molar-refractivity contribution in [1.29, 1.82) is 0 Å². The highest BCUT2D eigenvalue weighted by Gasteiger charge is 2.14. The van der Waals surface area contributed by atoms with E-state index in [4.69, 9.17) is 22.4 Å². The predicted molar refractivity (Wildman–Crippen MR) is 66.7 cm³/mol. The minimum Gasteiger partial charge on any atom is -0.381 e. The SMILES string of the molecule is NC(=O)C(O)CNC(=O)c1ccc(Cl)cc1Br. The fourth-order valence-electron chi connectivity index (χ4n) is 1.06. The second-order valence-electron chi connectivity index (χ2n) is 3.25. The Morgan fingerprint density at radius 1 is 1.53 bits per heavy atom. The number of aliphatic hydroxyl groups is 1. The second-order valence-corrected chi connectivity index (χ2v) is 4.54. The Morgan fingerprint density at radius 3 is 2.71 bits per heavy atom. The highest BCUT2D eigenvalue weighted by Crippen LogP contribution is 2.21. The maximum absolute atomic E-state index is 11.7. The lowest BCUT2D eigenvalue weighted by Crippen LogP contribution is -2.40. The number of nitrogens with two attached hydrogens (primary N) is 1. The number of carbonyl (C=O) groups excluding carboxylic acids is 2. The molecule has 0 bridgehead atoms. The van der Waals surface area contributed by atoms with Gasteiger partial charge < -0.3 is 16.2 Å². The van der Waals surface area contributed by atoms with Crippen molar-refractivity contribution < 1.29 is 14.7 Å². The van der Waals surface area contributed by atoms with Gasteiger partial charge >= 0.3 is 0 Å². The molecule has 17 heavy (non-hydrogen) atoms. The Hall–Kier alpha value is -1.11. The number of hydrogen-bond donors (Lipinski definition) is 3. The minimum absolute atomic E-state index is 0.233. The highest BCUT2D eigenvalue weighted by molar-refractivity contribution is 9.10. The van der Waals surface area contributed by atoms with Crippen LogP contribution in [0.2, 0.25) is 5.02 Å². The number of halogens is 2. The summed E-state index contributed by atoms with van der Waals surface area (Å²) in [5.41, 5.74) is 5.20. The average Bonchev–Trinajstić information content (AvgIpc) is 2.25. The minimum atomic E-state index is -1.40. The van der Waals surface area contributed by atoms with Crippen molar-refractivity contribution in [3.63, 3.8) is 0 Å². The van der Waals surface area contributed by atoms with E-state index in [1.807, 2.05) is 0 Å². The largest absolute Gasteiger partial charge is 0.381 e. The van der Waals surface area contributed by atoms with E-state index in [0.29, 0.717) is 15.1 Å². The number of amides is 2. The Bertz CT molecular complexity index is 453. The summed E-state index contributed by atoms with van der Waals surface area (Å²) >= 11 is 8.91. The lowest BCUT2D eigenvalue weighted by atomic mass is 10.2. The molecule has 0 fully saturated rings. The molecule has 1 aromatic carbocycles. The smallest absolute Gasteiger partial charge is 0.252 e. The van der Waals surface area contributed by atoms with Gasteiger partial charge in [0.2, 0.25) is 5.91 Å². The van der Waals surface area contributed by atoms with Crippen LogP contribution in [-0.2, 0) is 4.79 Å². The van der Waals surface area contributed by atoms with E-state index in [-0.39, 0.29) is 6.54 Å². The van der Waals surface area contributed by atoms with E-state index in [0.717, 1.165) is 0 Å². The summed E-state index contributed by atoms with van der Waals surface area (Å²) in [5.74, 6) is -1.32. The second kappa shape index (κ2) is 6.00. The Kier molecular flexibility index (Phi) is 4.92. The van der Waals surface area contributed by atoms with Crippen molar-refractivity contribution in [1.82, 2.24) is 5.32 Å². The molecule has 5 nitrogen and oxygen atoms in total. The monoisotopic (exact) mass is 320 g/mol. The Morgan fingerprint density at radius 2 is 2.18 bits per heavy atom. The molecule has 0 saturated carbocycles. The molecule has 0 aliphatic carbocycles. The predicted octanol–water partition coefficient (Wildman–Crippen LogP) is 0.679. The van der Waals surface area contributed by atoms with E-state index < -0.39 is 17.9 Å². The molecule has 0 saturated heterocycles. The summed E-state index contributed by atoms with van der Waals surface area (Å²) in [4.78, 5) is 22.2. The summed E-state index contributed by atoms with van der Waals surface area (Å²) in [6, 6.07) is 4.66. The van der Waals surface area contributed by atoms with Crippen LogP contribution in [0.5, 0.6) is 0 Å². The first kappa shape index (κ1) is 14.0. The topological polar surface area (TPSA) is 92.4 Å². The number of primary amides is 1. The first-order chi connectivity index (χ1) is 7.91. The third kappa shape index (κ3) is 3.99. The molecular formula is C10H10BrClN2O3. The van der Waals surface area contributed by atoms with E-state index in [1.165, 1.54) is 6.07 Å². The first-order valence-corrected chi connectivity index (χ1v) is 5.79. The van der Waals surface area contributed by atoms with Gasteiger partial charge in [0.25, 0.3) is 5.91 Å². The number of aliphatic hydroxyl groups excluding tert-OH is 1. The van der Waals surface area contributed by atoms with Crippen LogP contribution in [0, 0.1) is 0 Å². The van der Waals surface area contributed by atoms with Gasteiger partial charge in [-0.1, -0.05) is 11.6 Å². The standard InChI is InChI=1S/C10H10BrClN2O3/c11-7-3-5(12)1-2-6(7)10(17)14-4-8(15)9(13)16/h1-3,8,15H,4H2,(H2,13,16)(H,14,17). The lowest BCUT2D eigenvalue weighted by molar-refractivity contribution is -0.125. The van der Waals surface area contributed by atoms with Gasteiger partial charge in [0.05, 0.1) is 12.1 Å². The summed E-state index contributed by atoms with van der Waals surface area (Å²) in [5, 5.41) is 12.0. The van der Waals surface area contributed by atoms with Crippen LogP contribution in [0.25, 0.3) is 0 Å². The summed E-state index contributed by atoms with van der Waals surface area (Å²) in [6.45, 7) is -0.233. The number of hydrogen-bond acceptors (Lipinski definition) is 3. The van der Waals surface area contributed by atoms with Crippen molar-refractivity contribution in [2.75, 3.05) is 6.54 Å². The van der Waals surface area contributed by atoms with Crippen molar-refractivity contribution in [3.05, 3.63) is 33.3 Å². The van der Waals surface area contributed by atoms with Crippen LogP contribution < -0.4 is 11.1 Å². The van der Waals surface area contributed by atoms with Gasteiger partial charge in [-0.15, -0.1) is 0 Å². The van der Waals surface area contributed by atoms with Crippen LogP contribution in [-0.4, -0.2) is 29.6 Å². The van der Waals surface area contributed by atoms with Gasteiger partial charge in [0.15, 0.2) is 0 Å². The molecule has 0 aromatic heterocycles. The Labute approximate surface area is 111 Å². The zero-order valence-corrected chi connectivity index (χ0v) is 11.0. The van der Waals surface area contributed by atoms with Gasteiger partial charge in [-0.3, -0.25) is 9.59 Å². The van der Waals surface area contributed by atoms with E-state index in [2.05, 4.69) is 21.2 Å².